The van der Waals surface area contributed by atoms with Gasteiger partial charge in [0.05, 0.1) is 12.8 Å². The van der Waals surface area contributed by atoms with Gasteiger partial charge in [-0.05, 0) is 35.9 Å². The van der Waals surface area contributed by atoms with Crippen molar-refractivity contribution in [2.24, 2.45) is 0 Å². The number of hydrogen-bond donors (Lipinski definition) is 1. The lowest BCUT2D eigenvalue weighted by molar-refractivity contribution is -0.129. The van der Waals surface area contributed by atoms with Crippen molar-refractivity contribution >= 4 is 23.1 Å². The van der Waals surface area contributed by atoms with E-state index < -0.39 is 22.8 Å². The molecule has 0 saturated heterocycles. The van der Waals surface area contributed by atoms with E-state index in [0.717, 1.165) is 0 Å². The van der Waals surface area contributed by atoms with Crippen LogP contribution in [0, 0.1) is 0 Å². The largest absolute Gasteiger partial charge is 0.497 e. The first-order chi connectivity index (χ1) is 12.1. The molecule has 3 nitrogen and oxygen atoms in total. The van der Waals surface area contributed by atoms with Crippen LogP contribution in [-0.4, -0.2) is 24.2 Å². The van der Waals surface area contributed by atoms with E-state index in [0.29, 0.717) is 11.8 Å². The van der Waals surface area contributed by atoms with Gasteiger partial charge in [-0.3, -0.25) is 4.79 Å². The molecule has 0 atom stereocenters. The van der Waals surface area contributed by atoms with Gasteiger partial charge in [-0.15, -0.1) is 0 Å². The van der Waals surface area contributed by atoms with Crippen LogP contribution in [-0.2, 0) is 0 Å². The fraction of sp³-hybridized carbons (Fsp3) is 0.167. The number of carbonyl (C=O) groups is 1. The molecule has 138 valence electrons. The maximum atomic E-state index is 14.1. The van der Waals surface area contributed by atoms with E-state index in [1.165, 1.54) is 55.6 Å². The van der Waals surface area contributed by atoms with Crippen LogP contribution in [0.3, 0.4) is 0 Å². The van der Waals surface area contributed by atoms with Crippen LogP contribution >= 0.6 is 11.6 Å². The summed E-state index contributed by atoms with van der Waals surface area (Å²) in [6.45, 7) is 0. The highest BCUT2D eigenvalue weighted by molar-refractivity contribution is 6.22. The Hall–Kier alpha value is -2.54. The minimum atomic E-state index is -4.89. The van der Waals surface area contributed by atoms with Crippen molar-refractivity contribution in [3.8, 4) is 5.75 Å². The second-order valence-corrected chi connectivity index (χ2v) is 5.69. The number of benzene rings is 2. The molecule has 0 aromatic heterocycles. The average Bonchev–Trinajstić information content (AvgIpc) is 2.61. The molecule has 2 aromatic rings. The summed E-state index contributed by atoms with van der Waals surface area (Å²) in [5, 5.41) is -2.75. The van der Waals surface area contributed by atoms with E-state index in [2.05, 4.69) is 16.9 Å². The molecule has 0 unspecified atom stereocenters. The minimum absolute atomic E-state index is 0.0542. The van der Waals surface area contributed by atoms with Crippen LogP contribution in [0.1, 0.15) is 10.4 Å². The van der Waals surface area contributed by atoms with E-state index in [1.807, 2.05) is 0 Å². The number of nitrogens with one attached hydrogen (secondary N) is 1. The van der Waals surface area contributed by atoms with Gasteiger partial charge in [0.2, 0.25) is 0 Å². The molecule has 0 aliphatic rings. The maximum absolute atomic E-state index is 14.1. The third kappa shape index (κ3) is 4.54. The molecule has 0 aliphatic carbocycles. The van der Waals surface area contributed by atoms with Gasteiger partial charge in [0, 0.05) is 17.3 Å². The number of anilines is 1. The lowest BCUT2D eigenvalue weighted by Gasteiger charge is -2.25. The van der Waals surface area contributed by atoms with E-state index >= 15 is 0 Å². The highest BCUT2D eigenvalue weighted by Gasteiger charge is 2.58. The van der Waals surface area contributed by atoms with E-state index in [1.54, 1.807) is 6.07 Å². The fourth-order valence-electron chi connectivity index (χ4n) is 2.00. The average molecular weight is 388 g/mol. The fourth-order valence-corrected chi connectivity index (χ4v) is 2.11. The number of methoxy groups -OCH3 is 1. The predicted molar refractivity (Wildman–Crippen MR) is 91.2 cm³/mol. The zero-order valence-corrected chi connectivity index (χ0v) is 14.2. The van der Waals surface area contributed by atoms with Crippen molar-refractivity contribution < 1.29 is 27.1 Å². The van der Waals surface area contributed by atoms with Crippen molar-refractivity contribution in [2.45, 2.75) is 11.3 Å². The number of allylic oxidation sites excluding steroid dienone is 2. The van der Waals surface area contributed by atoms with Crippen LogP contribution in [0.5, 0.6) is 5.75 Å². The standard InChI is InChI=1S/C18H14ClF4NO2/c1-26-14-9-7-13(8-10-14)24-16(17(20,21)18(19,22)23)11-15(25)12-5-3-2-4-6-12/h2-11,24H,1H3/b16-11+. The number of halogens is 5. The van der Waals surface area contributed by atoms with E-state index in [-0.39, 0.29) is 11.3 Å². The minimum Gasteiger partial charge on any atom is -0.497 e. The summed E-state index contributed by atoms with van der Waals surface area (Å²) in [6.07, 6.45) is 0.413. The second kappa shape index (κ2) is 7.78. The van der Waals surface area contributed by atoms with Crippen LogP contribution in [0.2, 0.25) is 0 Å². The van der Waals surface area contributed by atoms with Crippen LogP contribution in [0.4, 0.5) is 23.2 Å². The number of rotatable bonds is 7. The zero-order chi connectivity index (χ0) is 19.4. The lowest BCUT2D eigenvalue weighted by Crippen LogP contribution is -2.40. The lowest BCUT2D eigenvalue weighted by atomic mass is 10.1. The first-order valence-corrected chi connectivity index (χ1v) is 7.70. The number of hydrogen-bond acceptors (Lipinski definition) is 3. The predicted octanol–water partition coefficient (Wildman–Crippen LogP) is 5.34. The number of ketones is 1. The summed E-state index contributed by atoms with van der Waals surface area (Å²) in [5.74, 6) is -5.24. The smallest absolute Gasteiger partial charge is 0.390 e. The molecule has 0 radical (unpaired) electrons. The normalized spacial score (nSPS) is 12.6. The quantitative estimate of drug-likeness (QED) is 0.301. The van der Waals surface area contributed by atoms with Gasteiger partial charge >= 0.3 is 11.3 Å². The molecule has 1 N–H and O–H groups in total. The Morgan fingerprint density at radius 1 is 1.04 bits per heavy atom. The number of ether oxygens (including phenoxy) is 1. The Morgan fingerprint density at radius 2 is 1.62 bits per heavy atom. The summed E-state index contributed by atoms with van der Waals surface area (Å²) < 4.78 is 59.6. The molecular formula is C18H14ClF4NO2. The van der Waals surface area contributed by atoms with Crippen LogP contribution < -0.4 is 10.1 Å². The van der Waals surface area contributed by atoms with Crippen molar-refractivity contribution in [3.63, 3.8) is 0 Å². The Bertz CT molecular complexity index is 787. The molecule has 0 fully saturated rings. The topological polar surface area (TPSA) is 38.3 Å². The summed E-state index contributed by atoms with van der Waals surface area (Å²) in [4.78, 5) is 12.2. The molecule has 8 heteroatoms. The molecule has 0 amide bonds. The number of alkyl halides is 5. The van der Waals surface area contributed by atoms with Crippen molar-refractivity contribution in [1.82, 2.24) is 0 Å². The van der Waals surface area contributed by atoms with Gasteiger partial charge in [-0.2, -0.15) is 17.6 Å². The van der Waals surface area contributed by atoms with Gasteiger partial charge in [0.25, 0.3) is 0 Å². The first kappa shape index (κ1) is 19.8. The molecule has 0 aliphatic heterocycles. The highest BCUT2D eigenvalue weighted by Crippen LogP contribution is 2.43. The number of carbonyl (C=O) groups excluding carboxylic acids is 1. The van der Waals surface area contributed by atoms with Gasteiger partial charge < -0.3 is 10.1 Å². The second-order valence-electron chi connectivity index (χ2n) is 5.21. The summed E-state index contributed by atoms with van der Waals surface area (Å²) in [5.41, 5.74) is -1.20. The highest BCUT2D eigenvalue weighted by atomic mass is 35.5. The molecule has 2 aromatic carbocycles. The van der Waals surface area contributed by atoms with Crippen molar-refractivity contribution in [1.29, 1.82) is 0 Å². The van der Waals surface area contributed by atoms with Gasteiger partial charge in [0.1, 0.15) is 5.75 Å². The Morgan fingerprint density at radius 3 is 2.12 bits per heavy atom. The molecule has 0 heterocycles. The van der Waals surface area contributed by atoms with Crippen LogP contribution in [0.15, 0.2) is 66.4 Å². The Kier molecular flexibility index (Phi) is 5.92. The molecule has 2 rings (SSSR count). The monoisotopic (exact) mass is 387 g/mol. The summed E-state index contributed by atoms with van der Waals surface area (Å²) >= 11 is 4.57. The van der Waals surface area contributed by atoms with Gasteiger partial charge in [-0.25, -0.2) is 0 Å². The van der Waals surface area contributed by atoms with Gasteiger partial charge in [0.15, 0.2) is 5.78 Å². The van der Waals surface area contributed by atoms with E-state index in [4.69, 9.17) is 4.74 Å². The van der Waals surface area contributed by atoms with Crippen molar-refractivity contribution in [2.75, 3.05) is 12.4 Å². The molecule has 0 saturated carbocycles. The molecule has 26 heavy (non-hydrogen) atoms. The zero-order valence-electron chi connectivity index (χ0n) is 13.5. The first-order valence-electron chi connectivity index (χ1n) is 7.32. The van der Waals surface area contributed by atoms with E-state index in [9.17, 15) is 22.4 Å². The molecule has 0 bridgehead atoms. The molecule has 0 spiro atoms. The Balaban J connectivity index is 2.41. The SMILES string of the molecule is COc1ccc(N/C(=C/C(=O)c2ccccc2)C(F)(F)C(F)(F)Cl)cc1. The van der Waals surface area contributed by atoms with Crippen molar-refractivity contribution in [3.05, 3.63) is 71.9 Å². The molecular weight excluding hydrogens is 374 g/mol. The summed E-state index contributed by atoms with van der Waals surface area (Å²) in [6, 6.07) is 13.0. The summed E-state index contributed by atoms with van der Waals surface area (Å²) in [7, 11) is 1.41. The maximum Gasteiger partial charge on any atom is 0.390 e. The third-order valence-electron chi connectivity index (χ3n) is 3.40. The van der Waals surface area contributed by atoms with Gasteiger partial charge in [-0.1, -0.05) is 30.3 Å². The Labute approximate surface area is 152 Å². The van der Waals surface area contributed by atoms with Crippen LogP contribution in [0.25, 0.3) is 0 Å². The third-order valence-corrected chi connectivity index (χ3v) is 3.63.